The van der Waals surface area contributed by atoms with Crippen LogP contribution in [0.5, 0.6) is 0 Å². The maximum atomic E-state index is 10.7. The highest BCUT2D eigenvalue weighted by atomic mass is 16.4. The van der Waals surface area contributed by atoms with E-state index >= 15 is 0 Å². The van der Waals surface area contributed by atoms with Gasteiger partial charge >= 0.3 is 5.97 Å². The lowest BCUT2D eigenvalue weighted by molar-refractivity contribution is -0.131. The Hall–Kier alpha value is -2.47. The molecule has 0 aromatic carbocycles. The van der Waals surface area contributed by atoms with Gasteiger partial charge in [-0.1, -0.05) is 0 Å². The number of hydrogen-bond donors (Lipinski definition) is 3. The molecule has 1 saturated carbocycles. The quantitative estimate of drug-likeness (QED) is 0.678. The van der Waals surface area contributed by atoms with E-state index in [2.05, 4.69) is 10.3 Å². The molecule has 4 N–H and O–H groups in total. The smallest absolute Gasteiger partial charge is 0.328 e. The van der Waals surface area contributed by atoms with Gasteiger partial charge < -0.3 is 16.2 Å². The van der Waals surface area contributed by atoms with E-state index < -0.39 is 5.97 Å². The second-order valence-corrected chi connectivity index (χ2v) is 7.08. The maximum Gasteiger partial charge on any atom is 0.328 e. The number of rotatable bonds is 6. The molecule has 2 heterocycles. The normalized spacial score (nSPS) is 23.3. The minimum atomic E-state index is -0.961. The zero-order chi connectivity index (χ0) is 18.4. The van der Waals surface area contributed by atoms with Crippen molar-refractivity contribution in [2.24, 2.45) is 11.7 Å². The Balaban J connectivity index is 1.63. The summed E-state index contributed by atoms with van der Waals surface area (Å²) in [6, 6.07) is 0.387. The lowest BCUT2D eigenvalue weighted by atomic mass is 9.83. The lowest BCUT2D eigenvalue weighted by Crippen LogP contribution is -2.26. The number of aliphatic carboxylic acids is 1. The Morgan fingerprint density at radius 1 is 1.31 bits per heavy atom. The highest BCUT2D eigenvalue weighted by Crippen LogP contribution is 2.27. The lowest BCUT2D eigenvalue weighted by Gasteiger charge is -2.25. The summed E-state index contributed by atoms with van der Waals surface area (Å²) < 4.78 is 0. The molecule has 0 radical (unpaired) electrons. The van der Waals surface area contributed by atoms with Crippen LogP contribution >= 0.6 is 0 Å². The van der Waals surface area contributed by atoms with Crippen molar-refractivity contribution in [2.45, 2.75) is 44.6 Å². The number of dihydropyridines is 1. The summed E-state index contributed by atoms with van der Waals surface area (Å²) in [5.41, 5.74) is 9.65. The zero-order valence-corrected chi connectivity index (χ0v) is 14.9. The van der Waals surface area contributed by atoms with Crippen LogP contribution in [0.2, 0.25) is 0 Å². The molecule has 0 bridgehead atoms. The van der Waals surface area contributed by atoms with E-state index in [9.17, 15) is 4.79 Å². The van der Waals surface area contributed by atoms with Gasteiger partial charge in [0.25, 0.3) is 0 Å². The van der Waals surface area contributed by atoms with E-state index in [1.54, 1.807) is 18.5 Å². The fourth-order valence-corrected chi connectivity index (χ4v) is 3.51. The number of carbonyl (C=O) groups is 1. The summed E-state index contributed by atoms with van der Waals surface area (Å²) in [7, 11) is 0. The number of carboxylic acids is 1. The Kier molecular flexibility index (Phi) is 6.17. The third-order valence-electron chi connectivity index (χ3n) is 5.03. The van der Waals surface area contributed by atoms with E-state index in [0.717, 1.165) is 60.2 Å². The standard InChI is InChI=1S/C20H26N4O2/c21-17-5-1-14(2-6-17)3-7-18-12-23-13-19(24-18)16-9-15(10-22-11-16)4-8-20(25)26/h4,8-10,12-14,17,22H,1-3,5-7,11,21H2,(H,25,26)/b8-4+. The van der Waals surface area contributed by atoms with Crippen molar-refractivity contribution in [3.05, 3.63) is 53.8 Å². The molecule has 1 aromatic heterocycles. The van der Waals surface area contributed by atoms with Gasteiger partial charge in [0.15, 0.2) is 0 Å². The second-order valence-electron chi connectivity index (χ2n) is 7.08. The van der Waals surface area contributed by atoms with E-state index in [1.807, 2.05) is 12.3 Å². The van der Waals surface area contributed by atoms with Gasteiger partial charge in [-0.15, -0.1) is 0 Å². The molecule has 0 spiro atoms. The number of nitrogens with one attached hydrogen (secondary N) is 1. The fraction of sp³-hybridized carbons (Fsp3) is 0.450. The van der Waals surface area contributed by atoms with Crippen LogP contribution in [0, 0.1) is 5.92 Å². The van der Waals surface area contributed by atoms with Crippen LogP contribution < -0.4 is 11.1 Å². The number of carboxylic acid groups (broad SMARTS) is 1. The van der Waals surface area contributed by atoms with E-state index in [-0.39, 0.29) is 0 Å². The van der Waals surface area contributed by atoms with Crippen molar-refractivity contribution in [1.82, 2.24) is 15.3 Å². The van der Waals surface area contributed by atoms with Crippen LogP contribution in [0.15, 0.2) is 42.4 Å². The second kappa shape index (κ2) is 8.76. The van der Waals surface area contributed by atoms with E-state index in [4.69, 9.17) is 15.8 Å². The Morgan fingerprint density at radius 3 is 2.88 bits per heavy atom. The predicted molar refractivity (Wildman–Crippen MR) is 101 cm³/mol. The number of aryl methyl sites for hydroxylation is 1. The Morgan fingerprint density at radius 2 is 2.12 bits per heavy atom. The third kappa shape index (κ3) is 5.26. The molecule has 6 heteroatoms. The van der Waals surface area contributed by atoms with Crippen molar-refractivity contribution in [3.63, 3.8) is 0 Å². The SMILES string of the molecule is NC1CCC(CCc2cncc(C3=CC(/C=C/C(=O)O)=CNC3)n2)CC1. The summed E-state index contributed by atoms with van der Waals surface area (Å²) >= 11 is 0. The van der Waals surface area contributed by atoms with Crippen LogP contribution in [0.3, 0.4) is 0 Å². The van der Waals surface area contributed by atoms with Crippen LogP contribution in [-0.2, 0) is 11.2 Å². The Bertz CT molecular complexity index is 731. The van der Waals surface area contributed by atoms with Crippen molar-refractivity contribution in [3.8, 4) is 0 Å². The average molecular weight is 354 g/mol. The molecule has 1 aromatic rings. The van der Waals surface area contributed by atoms with Gasteiger partial charge in [-0.05, 0) is 67.7 Å². The minimum Gasteiger partial charge on any atom is -0.478 e. The van der Waals surface area contributed by atoms with Gasteiger partial charge in [-0.3, -0.25) is 4.98 Å². The first kappa shape index (κ1) is 18.3. The predicted octanol–water partition coefficient (Wildman–Crippen LogP) is 2.44. The van der Waals surface area contributed by atoms with Gasteiger partial charge in [0, 0.05) is 31.1 Å². The molecule has 3 rings (SSSR count). The number of aromatic nitrogens is 2. The molecular formula is C20H26N4O2. The fourth-order valence-electron chi connectivity index (χ4n) is 3.51. The first-order valence-corrected chi connectivity index (χ1v) is 9.22. The van der Waals surface area contributed by atoms with Crippen molar-refractivity contribution in [1.29, 1.82) is 0 Å². The van der Waals surface area contributed by atoms with Crippen LogP contribution in [0.25, 0.3) is 5.57 Å². The van der Waals surface area contributed by atoms with Crippen molar-refractivity contribution >= 4 is 11.5 Å². The zero-order valence-electron chi connectivity index (χ0n) is 14.9. The van der Waals surface area contributed by atoms with Gasteiger partial charge in [0.2, 0.25) is 0 Å². The molecule has 1 aliphatic heterocycles. The molecule has 0 atom stereocenters. The average Bonchev–Trinajstić information content (AvgIpc) is 2.66. The number of nitrogens with two attached hydrogens (primary N) is 1. The van der Waals surface area contributed by atoms with Crippen LogP contribution in [0.1, 0.15) is 43.5 Å². The largest absolute Gasteiger partial charge is 0.478 e. The molecule has 0 amide bonds. The van der Waals surface area contributed by atoms with Gasteiger partial charge in [-0.2, -0.15) is 0 Å². The third-order valence-corrected chi connectivity index (χ3v) is 5.03. The highest BCUT2D eigenvalue weighted by Gasteiger charge is 2.18. The summed E-state index contributed by atoms with van der Waals surface area (Å²) in [6.07, 6.45) is 16.8. The molecule has 0 saturated heterocycles. The Labute approximate surface area is 153 Å². The first-order chi connectivity index (χ1) is 12.6. The van der Waals surface area contributed by atoms with Crippen LogP contribution in [-0.4, -0.2) is 33.6 Å². The molecule has 26 heavy (non-hydrogen) atoms. The molecule has 6 nitrogen and oxygen atoms in total. The van der Waals surface area contributed by atoms with Gasteiger partial charge in [0.05, 0.1) is 17.6 Å². The molecule has 138 valence electrons. The summed E-state index contributed by atoms with van der Waals surface area (Å²) in [5.74, 6) is -0.219. The first-order valence-electron chi connectivity index (χ1n) is 9.22. The summed E-state index contributed by atoms with van der Waals surface area (Å²) in [5, 5.41) is 11.9. The van der Waals surface area contributed by atoms with E-state index in [1.165, 1.54) is 12.8 Å². The molecule has 1 aliphatic carbocycles. The number of allylic oxidation sites excluding steroid dienone is 3. The summed E-state index contributed by atoms with van der Waals surface area (Å²) in [4.78, 5) is 19.8. The highest BCUT2D eigenvalue weighted by molar-refractivity contribution is 5.81. The maximum absolute atomic E-state index is 10.7. The van der Waals surface area contributed by atoms with E-state index in [0.29, 0.717) is 12.6 Å². The monoisotopic (exact) mass is 354 g/mol. The molecule has 1 fully saturated rings. The molecular weight excluding hydrogens is 328 g/mol. The van der Waals surface area contributed by atoms with Crippen molar-refractivity contribution in [2.75, 3.05) is 6.54 Å². The summed E-state index contributed by atoms with van der Waals surface area (Å²) in [6.45, 7) is 0.656. The molecule has 2 aliphatic rings. The van der Waals surface area contributed by atoms with Crippen LogP contribution in [0.4, 0.5) is 0 Å². The number of nitrogens with zero attached hydrogens (tertiary/aromatic N) is 2. The van der Waals surface area contributed by atoms with Gasteiger partial charge in [-0.25, -0.2) is 9.78 Å². The minimum absolute atomic E-state index is 0.387. The number of hydrogen-bond acceptors (Lipinski definition) is 5. The molecule has 0 unspecified atom stereocenters. The van der Waals surface area contributed by atoms with Gasteiger partial charge in [0.1, 0.15) is 0 Å². The van der Waals surface area contributed by atoms with Crippen molar-refractivity contribution < 1.29 is 9.90 Å². The topological polar surface area (TPSA) is 101 Å².